The van der Waals surface area contributed by atoms with Gasteiger partial charge in [0.15, 0.2) is 0 Å². The number of carboxylic acids is 1. The van der Waals surface area contributed by atoms with Gasteiger partial charge in [-0.1, -0.05) is 78.2 Å². The molecular weight excluding hydrogens is 603 g/mol. The largest absolute Gasteiger partial charge is 0.487 e. The number of aliphatic carboxylic acids is 1. The Hall–Kier alpha value is -4.32. The van der Waals surface area contributed by atoms with Crippen LogP contribution in [-0.2, 0) is 17.9 Å². The summed E-state index contributed by atoms with van der Waals surface area (Å²) < 4.78 is 8.69. The topological polar surface area (TPSA) is 64.3 Å². The lowest BCUT2D eigenvalue weighted by molar-refractivity contribution is -0.137. The van der Waals surface area contributed by atoms with Crippen molar-refractivity contribution in [2.24, 2.45) is 0 Å². The van der Waals surface area contributed by atoms with Crippen molar-refractivity contribution in [1.82, 2.24) is 9.55 Å². The van der Waals surface area contributed by atoms with Gasteiger partial charge in [-0.05, 0) is 84.1 Å². The maximum absolute atomic E-state index is 12.2. The molecule has 0 saturated heterocycles. The molecule has 226 valence electrons. The van der Waals surface area contributed by atoms with Crippen molar-refractivity contribution in [3.8, 4) is 5.75 Å². The van der Waals surface area contributed by atoms with E-state index in [1.807, 2.05) is 66.7 Å². The summed E-state index contributed by atoms with van der Waals surface area (Å²) in [5.41, 5.74) is 7.40. The van der Waals surface area contributed by atoms with Crippen LogP contribution >= 0.6 is 23.2 Å². The molecule has 1 aliphatic carbocycles. The fraction of sp³-hybridized carbons (Fsp3) is 0.211. The maximum Gasteiger partial charge on any atom is 0.304 e. The Balaban J connectivity index is 1.36. The summed E-state index contributed by atoms with van der Waals surface area (Å²) in [6, 6.07) is 34.3. The Kier molecular flexibility index (Phi) is 8.22. The average Bonchev–Trinajstić information content (AvgIpc) is 3.23. The van der Waals surface area contributed by atoms with Crippen LogP contribution in [0.2, 0.25) is 10.0 Å². The number of pyridine rings is 1. The molecule has 2 atom stereocenters. The standard InChI is InChI=1S/C38H32Cl2N2O3/c39-28-13-8-24(9-14-28)22-42-35-19-18-31(45-23-30-17-12-26-4-1-2-7-34(26)41-30)21-33(35)37-32(25-10-15-29(40)16-11-25)6-3-5-27(38(37)42)20-36(43)44/h1-2,4,7-19,21,27,32H,3,5-6,20,22-23H2,(H,43,44). The molecule has 6 aromatic rings. The van der Waals surface area contributed by atoms with Gasteiger partial charge in [-0.15, -0.1) is 0 Å². The Bertz CT molecular complexity index is 2000. The number of halogens is 2. The van der Waals surface area contributed by atoms with Crippen LogP contribution in [0.4, 0.5) is 0 Å². The van der Waals surface area contributed by atoms with Gasteiger partial charge >= 0.3 is 5.97 Å². The van der Waals surface area contributed by atoms with Crippen LogP contribution < -0.4 is 4.74 Å². The molecule has 0 fully saturated rings. The number of aromatic nitrogens is 2. The van der Waals surface area contributed by atoms with Gasteiger partial charge in [0.1, 0.15) is 12.4 Å². The lowest BCUT2D eigenvalue weighted by Crippen LogP contribution is -2.14. The molecular formula is C38H32Cl2N2O3. The van der Waals surface area contributed by atoms with Crippen molar-refractivity contribution < 1.29 is 14.6 Å². The van der Waals surface area contributed by atoms with E-state index in [-0.39, 0.29) is 18.3 Å². The lowest BCUT2D eigenvalue weighted by Gasteiger charge is -2.21. The van der Waals surface area contributed by atoms with Crippen LogP contribution in [0.3, 0.4) is 0 Å². The van der Waals surface area contributed by atoms with Crippen molar-refractivity contribution in [3.63, 3.8) is 0 Å². The SMILES string of the molecule is O=C(O)CC1CCCC(c2ccc(Cl)cc2)c2c1n(Cc1ccc(Cl)cc1)c1ccc(OCc3ccc4ccccc4n3)cc21. The van der Waals surface area contributed by atoms with Crippen molar-refractivity contribution in [1.29, 1.82) is 0 Å². The molecule has 45 heavy (non-hydrogen) atoms. The van der Waals surface area contributed by atoms with E-state index in [0.29, 0.717) is 23.2 Å². The molecule has 2 heterocycles. The first kappa shape index (κ1) is 29.4. The molecule has 7 heteroatoms. The first-order valence-corrected chi connectivity index (χ1v) is 16.0. The summed E-state index contributed by atoms with van der Waals surface area (Å²) in [5, 5.41) is 13.6. The Morgan fingerprint density at radius 2 is 1.64 bits per heavy atom. The summed E-state index contributed by atoms with van der Waals surface area (Å²) in [5.74, 6) is -0.0769. The Morgan fingerprint density at radius 1 is 0.889 bits per heavy atom. The number of para-hydroxylation sites is 1. The lowest BCUT2D eigenvalue weighted by atomic mass is 9.86. The quantitative estimate of drug-likeness (QED) is 0.169. The van der Waals surface area contributed by atoms with E-state index < -0.39 is 5.97 Å². The molecule has 0 spiro atoms. The molecule has 0 radical (unpaired) electrons. The molecule has 2 unspecified atom stereocenters. The van der Waals surface area contributed by atoms with Gasteiger partial charge in [0.05, 0.1) is 17.6 Å². The third-order valence-corrected chi connectivity index (χ3v) is 9.39. The molecule has 0 aliphatic heterocycles. The van der Waals surface area contributed by atoms with Crippen LogP contribution in [-0.4, -0.2) is 20.6 Å². The van der Waals surface area contributed by atoms with E-state index in [4.69, 9.17) is 32.9 Å². The molecule has 1 N–H and O–H groups in total. The van der Waals surface area contributed by atoms with Crippen molar-refractivity contribution in [3.05, 3.63) is 141 Å². The van der Waals surface area contributed by atoms with Crippen molar-refractivity contribution in [2.75, 3.05) is 0 Å². The number of carboxylic acid groups (broad SMARTS) is 1. The highest BCUT2D eigenvalue weighted by Crippen LogP contribution is 2.47. The fourth-order valence-corrected chi connectivity index (χ4v) is 7.10. The summed E-state index contributed by atoms with van der Waals surface area (Å²) in [4.78, 5) is 17.0. The molecule has 0 saturated carbocycles. The average molecular weight is 636 g/mol. The highest BCUT2D eigenvalue weighted by molar-refractivity contribution is 6.30. The van der Waals surface area contributed by atoms with E-state index in [9.17, 15) is 9.90 Å². The van der Waals surface area contributed by atoms with Crippen LogP contribution in [0, 0.1) is 0 Å². The summed E-state index contributed by atoms with van der Waals surface area (Å²) in [6.45, 7) is 0.944. The van der Waals surface area contributed by atoms with E-state index in [1.165, 1.54) is 11.1 Å². The molecule has 1 aliphatic rings. The predicted molar refractivity (Wildman–Crippen MR) is 181 cm³/mol. The number of hydrogen-bond donors (Lipinski definition) is 1. The number of rotatable bonds is 8. The third-order valence-electron chi connectivity index (χ3n) is 8.89. The minimum atomic E-state index is -0.786. The maximum atomic E-state index is 12.2. The minimum absolute atomic E-state index is 0.0776. The van der Waals surface area contributed by atoms with Gasteiger partial charge in [0, 0.05) is 50.4 Å². The van der Waals surface area contributed by atoms with Gasteiger partial charge in [0.25, 0.3) is 0 Å². The van der Waals surface area contributed by atoms with Gasteiger partial charge < -0.3 is 14.4 Å². The zero-order chi connectivity index (χ0) is 30.9. The van der Waals surface area contributed by atoms with Crippen LogP contribution in [0.1, 0.15) is 65.6 Å². The monoisotopic (exact) mass is 634 g/mol. The second kappa shape index (κ2) is 12.6. The van der Waals surface area contributed by atoms with Gasteiger partial charge in [0.2, 0.25) is 0 Å². The van der Waals surface area contributed by atoms with E-state index in [0.717, 1.165) is 63.8 Å². The first-order chi connectivity index (χ1) is 21.9. The van der Waals surface area contributed by atoms with E-state index >= 15 is 0 Å². The van der Waals surface area contributed by atoms with Crippen molar-refractivity contribution >= 4 is 51.0 Å². The zero-order valence-electron chi connectivity index (χ0n) is 24.6. The zero-order valence-corrected chi connectivity index (χ0v) is 26.1. The van der Waals surface area contributed by atoms with Gasteiger partial charge in [-0.25, -0.2) is 4.98 Å². The summed E-state index contributed by atoms with van der Waals surface area (Å²) in [7, 11) is 0. The van der Waals surface area contributed by atoms with Crippen molar-refractivity contribution in [2.45, 2.75) is 50.7 Å². The van der Waals surface area contributed by atoms with Gasteiger partial charge in [-0.2, -0.15) is 0 Å². The number of benzene rings is 4. The number of hydrogen-bond acceptors (Lipinski definition) is 3. The van der Waals surface area contributed by atoms with Crippen LogP contribution in [0.25, 0.3) is 21.8 Å². The summed E-state index contributed by atoms with van der Waals surface area (Å²) in [6.07, 6.45) is 2.72. The number of nitrogens with zero attached hydrogens (tertiary/aromatic N) is 2. The predicted octanol–water partition coefficient (Wildman–Crippen LogP) is 10.00. The number of carbonyl (C=O) groups is 1. The third kappa shape index (κ3) is 6.15. The molecule has 0 amide bonds. The minimum Gasteiger partial charge on any atom is -0.487 e. The highest BCUT2D eigenvalue weighted by Gasteiger charge is 2.33. The Labute approximate surface area is 272 Å². The highest BCUT2D eigenvalue weighted by atomic mass is 35.5. The normalized spacial score (nSPS) is 16.4. The molecule has 0 bridgehead atoms. The number of fused-ring (bicyclic) bond motifs is 4. The number of ether oxygens (including phenoxy) is 1. The van der Waals surface area contributed by atoms with Crippen LogP contribution in [0.15, 0.2) is 103 Å². The first-order valence-electron chi connectivity index (χ1n) is 15.3. The van der Waals surface area contributed by atoms with Gasteiger partial charge in [-0.3, -0.25) is 4.79 Å². The van der Waals surface area contributed by atoms with E-state index in [1.54, 1.807) is 0 Å². The Morgan fingerprint density at radius 3 is 2.42 bits per heavy atom. The van der Waals surface area contributed by atoms with Crippen LogP contribution in [0.5, 0.6) is 5.75 Å². The second-order valence-corrected chi connectivity index (χ2v) is 12.7. The summed E-state index contributed by atoms with van der Waals surface area (Å²) >= 11 is 12.5. The smallest absolute Gasteiger partial charge is 0.304 e. The molecule has 4 aromatic carbocycles. The van der Waals surface area contributed by atoms with E-state index in [2.05, 4.69) is 41.0 Å². The molecule has 7 rings (SSSR count). The second-order valence-electron chi connectivity index (χ2n) is 11.8. The molecule has 2 aromatic heterocycles. The fourth-order valence-electron chi connectivity index (χ4n) is 6.85. The molecule has 5 nitrogen and oxygen atoms in total.